The Hall–Kier alpha value is -1.94. The Morgan fingerprint density at radius 1 is 1.30 bits per heavy atom. The molecule has 1 unspecified atom stereocenters. The number of aryl methyl sites for hydroxylation is 1. The summed E-state index contributed by atoms with van der Waals surface area (Å²) < 4.78 is 5.93. The monoisotopic (exact) mass is 269 g/mol. The predicted molar refractivity (Wildman–Crippen MR) is 77.8 cm³/mol. The van der Waals surface area contributed by atoms with Gasteiger partial charge in [0, 0.05) is 11.8 Å². The molecule has 2 aromatic rings. The zero-order valence-corrected chi connectivity index (χ0v) is 11.7. The minimum Gasteiger partial charge on any atom is -0.493 e. The van der Waals surface area contributed by atoms with Crippen LogP contribution in [0.2, 0.25) is 0 Å². The standard InChI is InChI=1S/C16H19N3O/c1-2-17-15(13-8-9-18-19-11-13)14-7-3-5-12-6-4-10-20-16(12)14/h3,5,7-9,11,15,17H,2,4,6,10H2,1H3. The fourth-order valence-electron chi connectivity index (χ4n) is 2.72. The van der Waals surface area contributed by atoms with E-state index in [1.54, 1.807) is 6.20 Å². The van der Waals surface area contributed by atoms with Crippen LogP contribution in [0.1, 0.15) is 36.1 Å². The summed E-state index contributed by atoms with van der Waals surface area (Å²) >= 11 is 0. The molecule has 0 saturated carbocycles. The van der Waals surface area contributed by atoms with Crippen LogP contribution in [0.5, 0.6) is 5.75 Å². The number of hydrogen-bond donors (Lipinski definition) is 1. The molecule has 0 saturated heterocycles. The van der Waals surface area contributed by atoms with Crippen LogP contribution < -0.4 is 10.1 Å². The molecular weight excluding hydrogens is 250 g/mol. The lowest BCUT2D eigenvalue weighted by molar-refractivity contribution is 0.283. The Labute approximate surface area is 119 Å². The number of nitrogens with zero attached hydrogens (tertiary/aromatic N) is 2. The molecule has 1 aromatic heterocycles. The van der Waals surface area contributed by atoms with Crippen molar-refractivity contribution < 1.29 is 4.74 Å². The molecule has 4 heteroatoms. The molecule has 1 aliphatic heterocycles. The molecular formula is C16H19N3O. The number of nitrogens with one attached hydrogen (secondary N) is 1. The van der Waals surface area contributed by atoms with Gasteiger partial charge in [0.05, 0.1) is 18.8 Å². The largest absolute Gasteiger partial charge is 0.493 e. The van der Waals surface area contributed by atoms with Crippen LogP contribution in [0.3, 0.4) is 0 Å². The number of benzene rings is 1. The van der Waals surface area contributed by atoms with Crippen molar-refractivity contribution in [2.75, 3.05) is 13.2 Å². The highest BCUT2D eigenvalue weighted by Crippen LogP contribution is 2.35. The van der Waals surface area contributed by atoms with Crippen molar-refractivity contribution in [2.24, 2.45) is 0 Å². The average Bonchev–Trinajstić information content (AvgIpc) is 2.53. The molecule has 20 heavy (non-hydrogen) atoms. The second kappa shape index (κ2) is 6.01. The second-order valence-corrected chi connectivity index (χ2v) is 4.95. The van der Waals surface area contributed by atoms with Crippen LogP contribution in [-0.2, 0) is 6.42 Å². The topological polar surface area (TPSA) is 47.0 Å². The van der Waals surface area contributed by atoms with Gasteiger partial charge in [-0.1, -0.05) is 25.1 Å². The van der Waals surface area contributed by atoms with Crippen LogP contribution in [0.25, 0.3) is 0 Å². The quantitative estimate of drug-likeness (QED) is 0.926. The Balaban J connectivity index is 2.04. The molecule has 1 N–H and O–H groups in total. The van der Waals surface area contributed by atoms with E-state index in [0.717, 1.165) is 37.3 Å². The van der Waals surface area contributed by atoms with Gasteiger partial charge in [-0.2, -0.15) is 10.2 Å². The Kier molecular flexibility index (Phi) is 3.92. The van der Waals surface area contributed by atoms with E-state index in [4.69, 9.17) is 4.74 Å². The molecule has 0 fully saturated rings. The Bertz CT molecular complexity index is 571. The van der Waals surface area contributed by atoms with E-state index < -0.39 is 0 Å². The number of hydrogen-bond acceptors (Lipinski definition) is 4. The fraction of sp³-hybridized carbons (Fsp3) is 0.375. The van der Waals surface area contributed by atoms with Gasteiger partial charge in [-0.15, -0.1) is 0 Å². The third-order valence-corrected chi connectivity index (χ3v) is 3.62. The maximum atomic E-state index is 5.93. The van der Waals surface area contributed by atoms with Crippen LogP contribution in [0.15, 0.2) is 36.7 Å². The summed E-state index contributed by atoms with van der Waals surface area (Å²) in [5.74, 6) is 1.04. The molecule has 1 atom stereocenters. The molecule has 0 spiro atoms. The first-order valence-corrected chi connectivity index (χ1v) is 7.14. The molecule has 0 bridgehead atoms. The summed E-state index contributed by atoms with van der Waals surface area (Å²) in [6, 6.07) is 8.51. The number of para-hydroxylation sites is 1. The third-order valence-electron chi connectivity index (χ3n) is 3.62. The van der Waals surface area contributed by atoms with Crippen LogP contribution in [0.4, 0.5) is 0 Å². The van der Waals surface area contributed by atoms with Crippen molar-refractivity contribution >= 4 is 0 Å². The van der Waals surface area contributed by atoms with E-state index in [0.29, 0.717) is 0 Å². The summed E-state index contributed by atoms with van der Waals surface area (Å²) in [4.78, 5) is 0. The molecule has 1 aromatic carbocycles. The molecule has 0 radical (unpaired) electrons. The van der Waals surface area contributed by atoms with Gasteiger partial charge in [-0.3, -0.25) is 0 Å². The van der Waals surface area contributed by atoms with E-state index in [-0.39, 0.29) is 6.04 Å². The molecule has 0 amide bonds. The number of ether oxygens (including phenoxy) is 1. The Morgan fingerprint density at radius 3 is 3.05 bits per heavy atom. The summed E-state index contributed by atoms with van der Waals surface area (Å²) in [7, 11) is 0. The van der Waals surface area contributed by atoms with Gasteiger partial charge >= 0.3 is 0 Å². The van der Waals surface area contributed by atoms with E-state index >= 15 is 0 Å². The first-order chi connectivity index (χ1) is 9.90. The second-order valence-electron chi connectivity index (χ2n) is 4.95. The van der Waals surface area contributed by atoms with Crippen molar-refractivity contribution in [2.45, 2.75) is 25.8 Å². The summed E-state index contributed by atoms with van der Waals surface area (Å²) in [5, 5.41) is 11.4. The minimum atomic E-state index is 0.101. The summed E-state index contributed by atoms with van der Waals surface area (Å²) in [6.45, 7) is 3.80. The normalized spacial score (nSPS) is 15.2. The molecule has 2 heterocycles. The van der Waals surface area contributed by atoms with E-state index in [1.807, 2.05) is 12.3 Å². The lowest BCUT2D eigenvalue weighted by atomic mass is 9.94. The number of fused-ring (bicyclic) bond motifs is 1. The first-order valence-electron chi connectivity index (χ1n) is 7.14. The molecule has 0 aliphatic carbocycles. The molecule has 1 aliphatic rings. The predicted octanol–water partition coefficient (Wildman–Crippen LogP) is 2.50. The highest BCUT2D eigenvalue weighted by Gasteiger charge is 2.21. The van der Waals surface area contributed by atoms with Crippen molar-refractivity contribution in [3.05, 3.63) is 53.3 Å². The van der Waals surface area contributed by atoms with Crippen LogP contribution in [0, 0.1) is 0 Å². The van der Waals surface area contributed by atoms with E-state index in [1.165, 1.54) is 11.1 Å². The summed E-state index contributed by atoms with van der Waals surface area (Å²) in [6.07, 6.45) is 5.74. The van der Waals surface area contributed by atoms with Gasteiger partial charge in [-0.05, 0) is 36.6 Å². The smallest absolute Gasteiger partial charge is 0.127 e. The highest BCUT2D eigenvalue weighted by atomic mass is 16.5. The lowest BCUT2D eigenvalue weighted by Gasteiger charge is -2.25. The number of rotatable bonds is 4. The van der Waals surface area contributed by atoms with E-state index in [9.17, 15) is 0 Å². The van der Waals surface area contributed by atoms with Gasteiger partial charge in [-0.25, -0.2) is 0 Å². The van der Waals surface area contributed by atoms with Crippen LogP contribution in [-0.4, -0.2) is 23.3 Å². The van der Waals surface area contributed by atoms with Gasteiger partial charge in [0.25, 0.3) is 0 Å². The van der Waals surface area contributed by atoms with Crippen molar-refractivity contribution in [1.82, 2.24) is 15.5 Å². The number of aromatic nitrogens is 2. The van der Waals surface area contributed by atoms with Gasteiger partial charge in [0.2, 0.25) is 0 Å². The first kappa shape index (κ1) is 13.1. The zero-order chi connectivity index (χ0) is 13.8. The third kappa shape index (κ3) is 2.51. The van der Waals surface area contributed by atoms with Crippen LogP contribution >= 0.6 is 0 Å². The van der Waals surface area contributed by atoms with Crippen molar-refractivity contribution in [1.29, 1.82) is 0 Å². The SMILES string of the molecule is CCNC(c1ccnnc1)c1cccc2c1OCCC2. The molecule has 3 rings (SSSR count). The summed E-state index contributed by atoms with van der Waals surface area (Å²) in [5.41, 5.74) is 3.61. The van der Waals surface area contributed by atoms with E-state index in [2.05, 4.69) is 40.6 Å². The Morgan fingerprint density at radius 2 is 2.25 bits per heavy atom. The van der Waals surface area contributed by atoms with Gasteiger partial charge < -0.3 is 10.1 Å². The molecule has 4 nitrogen and oxygen atoms in total. The maximum absolute atomic E-state index is 5.93. The lowest BCUT2D eigenvalue weighted by Crippen LogP contribution is -2.24. The van der Waals surface area contributed by atoms with Crippen molar-refractivity contribution in [3.8, 4) is 5.75 Å². The van der Waals surface area contributed by atoms with Crippen molar-refractivity contribution in [3.63, 3.8) is 0 Å². The highest BCUT2D eigenvalue weighted by molar-refractivity contribution is 5.47. The molecule has 104 valence electrons. The maximum Gasteiger partial charge on any atom is 0.127 e. The zero-order valence-electron chi connectivity index (χ0n) is 11.7. The van der Waals surface area contributed by atoms with Gasteiger partial charge in [0.1, 0.15) is 5.75 Å². The van der Waals surface area contributed by atoms with Gasteiger partial charge in [0.15, 0.2) is 0 Å². The average molecular weight is 269 g/mol. The minimum absolute atomic E-state index is 0.101. The fourth-order valence-corrected chi connectivity index (χ4v) is 2.72.